The van der Waals surface area contributed by atoms with Crippen LogP contribution < -0.4 is 0 Å². The zero-order valence-corrected chi connectivity index (χ0v) is 12.1. The molecule has 4 nitrogen and oxygen atoms in total. The molecule has 1 heterocycles. The van der Waals surface area contributed by atoms with Gasteiger partial charge in [0.15, 0.2) is 0 Å². The first-order valence-corrected chi connectivity index (χ1v) is 7.25. The molecule has 1 aliphatic carbocycles. The second-order valence-corrected chi connectivity index (χ2v) is 5.35. The Morgan fingerprint density at radius 2 is 1.57 bits per heavy atom. The lowest BCUT2D eigenvalue weighted by Crippen LogP contribution is -1.87. The van der Waals surface area contributed by atoms with E-state index in [0.717, 1.165) is 33.5 Å². The highest BCUT2D eigenvalue weighted by Gasteiger charge is 2.23. The molecule has 0 spiro atoms. The third-order valence-electron chi connectivity index (χ3n) is 3.99. The number of pyridine rings is 1. The molecule has 0 unspecified atom stereocenters. The fourth-order valence-corrected chi connectivity index (χ4v) is 2.92. The van der Waals surface area contributed by atoms with Gasteiger partial charge in [-0.2, -0.15) is 0 Å². The molecule has 0 atom stereocenters. The number of non-ortho nitro benzene ring substituents is 1. The van der Waals surface area contributed by atoms with Gasteiger partial charge >= 0.3 is 0 Å². The number of rotatable bonds is 2. The van der Waals surface area contributed by atoms with E-state index in [-0.39, 0.29) is 10.6 Å². The number of hydrogen-bond donors (Lipinski definition) is 0. The summed E-state index contributed by atoms with van der Waals surface area (Å²) in [6, 6.07) is 18.7. The molecule has 3 aromatic rings. The van der Waals surface area contributed by atoms with Crippen molar-refractivity contribution in [1.29, 1.82) is 0 Å². The molecule has 4 heteroatoms. The minimum Gasteiger partial charge on any atom is -0.258 e. The molecule has 0 amide bonds. The van der Waals surface area contributed by atoms with Gasteiger partial charge in [-0.3, -0.25) is 15.1 Å². The monoisotopic (exact) mass is 300 g/mol. The maximum atomic E-state index is 10.8. The van der Waals surface area contributed by atoms with Crippen LogP contribution in [0.1, 0.15) is 16.7 Å². The third kappa shape index (κ3) is 2.21. The first-order valence-electron chi connectivity index (χ1n) is 7.25. The summed E-state index contributed by atoms with van der Waals surface area (Å²) in [5.74, 6) is 0. The van der Waals surface area contributed by atoms with Crippen LogP contribution in [0.3, 0.4) is 0 Å². The normalized spacial score (nSPS) is 13.7. The van der Waals surface area contributed by atoms with E-state index in [1.54, 1.807) is 18.3 Å². The lowest BCUT2D eigenvalue weighted by atomic mass is 10.0. The van der Waals surface area contributed by atoms with E-state index in [4.69, 9.17) is 0 Å². The van der Waals surface area contributed by atoms with Gasteiger partial charge < -0.3 is 0 Å². The fraction of sp³-hybridized carbons (Fsp3) is 0. The van der Waals surface area contributed by atoms with Crippen molar-refractivity contribution >= 4 is 17.3 Å². The Labute approximate surface area is 132 Å². The third-order valence-corrected chi connectivity index (χ3v) is 3.99. The zero-order valence-electron chi connectivity index (χ0n) is 12.1. The molecule has 2 aromatic carbocycles. The van der Waals surface area contributed by atoms with Crippen molar-refractivity contribution in [3.05, 3.63) is 93.7 Å². The molecule has 1 aromatic heterocycles. The van der Waals surface area contributed by atoms with E-state index in [9.17, 15) is 10.1 Å². The highest BCUT2D eigenvalue weighted by molar-refractivity contribution is 6.05. The molecule has 0 saturated heterocycles. The summed E-state index contributed by atoms with van der Waals surface area (Å²) in [5.41, 5.74) is 6.45. The van der Waals surface area contributed by atoms with Crippen LogP contribution in [0, 0.1) is 10.1 Å². The first kappa shape index (κ1) is 13.4. The van der Waals surface area contributed by atoms with Crippen molar-refractivity contribution < 1.29 is 4.92 Å². The minimum atomic E-state index is -0.388. The Morgan fingerprint density at radius 3 is 2.30 bits per heavy atom. The maximum Gasteiger partial charge on any atom is 0.269 e. The molecule has 0 radical (unpaired) electrons. The Kier molecular flexibility index (Phi) is 3.01. The van der Waals surface area contributed by atoms with Crippen LogP contribution in [0.4, 0.5) is 5.69 Å². The van der Waals surface area contributed by atoms with Crippen molar-refractivity contribution in [2.75, 3.05) is 0 Å². The Balaban J connectivity index is 1.86. The number of hydrogen-bond acceptors (Lipinski definition) is 3. The molecule has 110 valence electrons. The SMILES string of the molecule is O=[N+]([O-])c1ccc(C=C2c3ccccc3-c3ncccc32)cc1. The highest BCUT2D eigenvalue weighted by Crippen LogP contribution is 2.43. The topological polar surface area (TPSA) is 56.0 Å². The van der Waals surface area contributed by atoms with Gasteiger partial charge in [0.1, 0.15) is 0 Å². The van der Waals surface area contributed by atoms with Crippen molar-refractivity contribution in [2.24, 2.45) is 0 Å². The maximum absolute atomic E-state index is 10.8. The summed E-state index contributed by atoms with van der Waals surface area (Å²) >= 11 is 0. The quantitative estimate of drug-likeness (QED) is 0.403. The lowest BCUT2D eigenvalue weighted by Gasteiger charge is -2.02. The van der Waals surface area contributed by atoms with Gasteiger partial charge in [-0.25, -0.2) is 0 Å². The fourth-order valence-electron chi connectivity index (χ4n) is 2.92. The van der Waals surface area contributed by atoms with Crippen LogP contribution in [0.15, 0.2) is 66.9 Å². The van der Waals surface area contributed by atoms with Crippen LogP contribution in [-0.4, -0.2) is 9.91 Å². The number of benzene rings is 2. The first-order chi connectivity index (χ1) is 11.2. The van der Waals surface area contributed by atoms with Crippen molar-refractivity contribution in [3.8, 4) is 11.3 Å². The van der Waals surface area contributed by atoms with E-state index in [2.05, 4.69) is 29.3 Å². The second kappa shape index (κ2) is 5.18. The van der Waals surface area contributed by atoms with Crippen molar-refractivity contribution in [1.82, 2.24) is 4.98 Å². The summed E-state index contributed by atoms with van der Waals surface area (Å²) in [6.07, 6.45) is 3.85. The van der Waals surface area contributed by atoms with Gasteiger partial charge in [0, 0.05) is 29.5 Å². The number of nitro benzene ring substituents is 1. The van der Waals surface area contributed by atoms with Gasteiger partial charge in [-0.05, 0) is 41.0 Å². The predicted molar refractivity (Wildman–Crippen MR) is 89.7 cm³/mol. The van der Waals surface area contributed by atoms with E-state index in [1.807, 2.05) is 18.2 Å². The summed E-state index contributed by atoms with van der Waals surface area (Å²) in [6.45, 7) is 0. The number of aromatic nitrogens is 1. The Hall–Kier alpha value is -3.27. The number of fused-ring (bicyclic) bond motifs is 3. The standard InChI is InChI=1S/C19H12N2O2/c22-21(23)14-9-7-13(8-10-14)12-18-15-4-1-2-5-16(15)19-17(18)6-3-11-20-19/h1-12H. The summed E-state index contributed by atoms with van der Waals surface area (Å²) in [4.78, 5) is 14.9. The average molecular weight is 300 g/mol. The molecular weight excluding hydrogens is 288 g/mol. The van der Waals surface area contributed by atoms with Gasteiger partial charge in [-0.1, -0.05) is 30.3 Å². The molecule has 0 aliphatic heterocycles. The van der Waals surface area contributed by atoms with E-state index >= 15 is 0 Å². The van der Waals surface area contributed by atoms with Crippen LogP contribution in [0.5, 0.6) is 0 Å². The summed E-state index contributed by atoms with van der Waals surface area (Å²) in [7, 11) is 0. The smallest absolute Gasteiger partial charge is 0.258 e. The Morgan fingerprint density at radius 1 is 0.870 bits per heavy atom. The molecule has 0 saturated carbocycles. The molecule has 1 aliphatic rings. The molecule has 4 rings (SSSR count). The van der Waals surface area contributed by atoms with Crippen LogP contribution in [0.2, 0.25) is 0 Å². The summed E-state index contributed by atoms with van der Waals surface area (Å²) < 4.78 is 0. The van der Waals surface area contributed by atoms with Gasteiger partial charge in [0.2, 0.25) is 0 Å². The molecule has 0 fully saturated rings. The van der Waals surface area contributed by atoms with Gasteiger partial charge in [0.25, 0.3) is 5.69 Å². The molecule has 23 heavy (non-hydrogen) atoms. The Bertz CT molecular complexity index is 896. The predicted octanol–water partition coefficient (Wildman–Crippen LogP) is 4.56. The molecular formula is C19H12N2O2. The van der Waals surface area contributed by atoms with Crippen LogP contribution in [0.25, 0.3) is 22.9 Å². The molecule has 0 bridgehead atoms. The largest absolute Gasteiger partial charge is 0.269 e. The summed E-state index contributed by atoms with van der Waals surface area (Å²) in [5, 5.41) is 10.8. The average Bonchev–Trinajstić information content (AvgIpc) is 2.90. The zero-order chi connectivity index (χ0) is 15.8. The second-order valence-electron chi connectivity index (χ2n) is 5.35. The number of nitrogens with zero attached hydrogens (tertiary/aromatic N) is 2. The van der Waals surface area contributed by atoms with Gasteiger partial charge in [-0.15, -0.1) is 0 Å². The highest BCUT2D eigenvalue weighted by atomic mass is 16.6. The van der Waals surface area contributed by atoms with E-state index < -0.39 is 0 Å². The minimum absolute atomic E-state index is 0.0982. The van der Waals surface area contributed by atoms with Crippen molar-refractivity contribution in [3.63, 3.8) is 0 Å². The molecule has 0 N–H and O–H groups in total. The number of nitro groups is 1. The van der Waals surface area contributed by atoms with Crippen molar-refractivity contribution in [2.45, 2.75) is 0 Å². The van der Waals surface area contributed by atoms with E-state index in [0.29, 0.717) is 0 Å². The van der Waals surface area contributed by atoms with E-state index in [1.165, 1.54) is 12.1 Å². The van der Waals surface area contributed by atoms with Gasteiger partial charge in [0.05, 0.1) is 10.6 Å². The van der Waals surface area contributed by atoms with Crippen LogP contribution >= 0.6 is 0 Å². The lowest BCUT2D eigenvalue weighted by molar-refractivity contribution is -0.384. The van der Waals surface area contributed by atoms with Crippen LogP contribution in [-0.2, 0) is 0 Å².